The predicted molar refractivity (Wildman–Crippen MR) is 70.1 cm³/mol. The highest BCUT2D eigenvalue weighted by Crippen LogP contribution is 2.26. The first-order valence-electron chi connectivity index (χ1n) is 5.98. The summed E-state index contributed by atoms with van der Waals surface area (Å²) in [4.78, 5) is 11.6. The molecule has 0 saturated heterocycles. The lowest BCUT2D eigenvalue weighted by Gasteiger charge is -2.19. The van der Waals surface area contributed by atoms with Gasteiger partial charge >= 0.3 is 11.8 Å². The van der Waals surface area contributed by atoms with Crippen LogP contribution in [0.5, 0.6) is 0 Å². The zero-order valence-corrected chi connectivity index (χ0v) is 10.5. The molecule has 0 unspecified atom stereocenters. The molecule has 5 heteroatoms. The summed E-state index contributed by atoms with van der Waals surface area (Å²) in [5, 5.41) is -0.511. The minimum atomic E-state index is -3.80. The topological polar surface area (TPSA) is 20.3 Å². The number of amides is 1. The first kappa shape index (κ1) is 14.1. The van der Waals surface area contributed by atoms with Gasteiger partial charge in [0, 0.05) is 6.42 Å². The molecule has 0 fully saturated rings. The van der Waals surface area contributed by atoms with E-state index in [1.54, 1.807) is 24.3 Å². The highest BCUT2D eigenvalue weighted by atomic mass is 19.3. The summed E-state index contributed by atoms with van der Waals surface area (Å²) in [6, 6.07) is 14.8. The fourth-order valence-electron chi connectivity index (χ4n) is 1.75. The number of carbonyl (C=O) groups is 1. The summed E-state index contributed by atoms with van der Waals surface area (Å²) in [6.45, 7) is 0. The van der Waals surface area contributed by atoms with Gasteiger partial charge in [0.05, 0.1) is 5.69 Å². The van der Waals surface area contributed by atoms with E-state index in [0.29, 0.717) is 0 Å². The normalized spacial score (nSPS) is 11.2. The van der Waals surface area contributed by atoms with E-state index in [-0.39, 0.29) is 11.3 Å². The fourth-order valence-corrected chi connectivity index (χ4v) is 1.75. The largest absolute Gasteiger partial charge is 0.331 e. The minimum Gasteiger partial charge on any atom is -0.265 e. The van der Waals surface area contributed by atoms with Crippen LogP contribution in [-0.4, -0.2) is 11.8 Å². The molecule has 0 radical (unpaired) electrons. The average Bonchev–Trinajstić information content (AvgIpc) is 2.47. The Morgan fingerprint density at radius 1 is 0.950 bits per heavy atom. The zero-order valence-electron chi connectivity index (χ0n) is 10.5. The van der Waals surface area contributed by atoms with Gasteiger partial charge in [-0.25, -0.2) is 0 Å². The van der Waals surface area contributed by atoms with Crippen LogP contribution in [0.4, 0.5) is 18.9 Å². The zero-order chi connectivity index (χ0) is 14.6. The number of rotatable bonds is 4. The summed E-state index contributed by atoms with van der Waals surface area (Å²) >= 11 is 0. The maximum absolute atomic E-state index is 13.8. The monoisotopic (exact) mass is 279 g/mol. The number of anilines is 1. The van der Waals surface area contributed by atoms with Gasteiger partial charge in [-0.1, -0.05) is 53.0 Å². The molecule has 2 rings (SSSR count). The second kappa shape index (κ2) is 5.77. The Morgan fingerprint density at radius 3 is 2.00 bits per heavy atom. The molecule has 0 aliphatic carbocycles. The molecule has 104 valence electrons. The van der Waals surface area contributed by atoms with Gasteiger partial charge in [-0.2, -0.15) is 8.78 Å². The number of benzene rings is 2. The van der Waals surface area contributed by atoms with Crippen LogP contribution in [0.3, 0.4) is 0 Å². The Hall–Kier alpha value is -2.30. The lowest BCUT2D eigenvalue weighted by atomic mass is 10.1. The maximum atomic E-state index is 13.8. The number of hydrogen-bond donors (Lipinski definition) is 0. The van der Waals surface area contributed by atoms with Crippen molar-refractivity contribution in [3.8, 4) is 0 Å². The third-order valence-corrected chi connectivity index (χ3v) is 2.74. The number of hydrogen-bond acceptors (Lipinski definition) is 1. The van der Waals surface area contributed by atoms with Crippen molar-refractivity contribution < 1.29 is 18.1 Å². The number of nitrogens with zero attached hydrogens (tertiary/aromatic N) is 1. The van der Waals surface area contributed by atoms with Crippen molar-refractivity contribution in [2.75, 3.05) is 5.12 Å². The second-order valence-electron chi connectivity index (χ2n) is 4.29. The van der Waals surface area contributed by atoms with E-state index in [1.165, 1.54) is 36.4 Å². The van der Waals surface area contributed by atoms with Gasteiger partial charge in [-0.05, 0) is 17.7 Å². The highest BCUT2D eigenvalue weighted by molar-refractivity contribution is 5.96. The van der Waals surface area contributed by atoms with Crippen molar-refractivity contribution in [3.05, 3.63) is 66.2 Å². The van der Waals surface area contributed by atoms with Crippen molar-refractivity contribution in [1.29, 1.82) is 0 Å². The number of halogens is 3. The van der Waals surface area contributed by atoms with Crippen molar-refractivity contribution in [1.82, 2.24) is 0 Å². The third-order valence-electron chi connectivity index (χ3n) is 2.74. The highest BCUT2D eigenvalue weighted by Gasteiger charge is 2.43. The van der Waals surface area contributed by atoms with Gasteiger partial charge in [0.1, 0.15) is 0 Å². The Labute approximate surface area is 114 Å². The number of carbonyl (C=O) groups excluding carboxylic acids is 1. The molecule has 0 aliphatic heterocycles. The molecule has 2 aromatic carbocycles. The number of alkyl halides is 2. The summed E-state index contributed by atoms with van der Waals surface area (Å²) < 4.78 is 41.3. The molecule has 0 aliphatic rings. The van der Waals surface area contributed by atoms with Crippen LogP contribution in [-0.2, 0) is 11.2 Å². The first-order chi connectivity index (χ1) is 9.50. The summed E-state index contributed by atoms with van der Waals surface area (Å²) in [5.41, 5.74) is 0.0533. The molecule has 0 N–H and O–H groups in total. The molecule has 0 saturated carbocycles. The van der Waals surface area contributed by atoms with Gasteiger partial charge in [-0.3, -0.25) is 4.79 Å². The van der Waals surface area contributed by atoms with Crippen molar-refractivity contribution in [3.63, 3.8) is 0 Å². The van der Waals surface area contributed by atoms with Crippen LogP contribution in [0, 0.1) is 0 Å². The lowest BCUT2D eigenvalue weighted by molar-refractivity contribution is -0.145. The van der Waals surface area contributed by atoms with Crippen LogP contribution in [0.1, 0.15) is 5.56 Å². The molecule has 0 bridgehead atoms. The van der Waals surface area contributed by atoms with Crippen LogP contribution < -0.4 is 5.12 Å². The average molecular weight is 279 g/mol. The van der Waals surface area contributed by atoms with Gasteiger partial charge < -0.3 is 0 Å². The quantitative estimate of drug-likeness (QED) is 0.780. The van der Waals surface area contributed by atoms with Gasteiger partial charge in [0.15, 0.2) is 0 Å². The summed E-state index contributed by atoms with van der Waals surface area (Å²) in [6.07, 6.45) is -0.833. The van der Waals surface area contributed by atoms with Gasteiger partial charge in [-0.15, -0.1) is 5.12 Å². The first-order valence-corrected chi connectivity index (χ1v) is 5.98. The predicted octanol–water partition coefficient (Wildman–Crippen LogP) is 3.78. The van der Waals surface area contributed by atoms with E-state index in [1.807, 2.05) is 0 Å². The molecule has 1 amide bonds. The molecule has 20 heavy (non-hydrogen) atoms. The van der Waals surface area contributed by atoms with Gasteiger partial charge in [0.25, 0.3) is 0 Å². The van der Waals surface area contributed by atoms with E-state index in [9.17, 15) is 18.1 Å². The molecular weight excluding hydrogens is 267 g/mol. The Balaban J connectivity index is 2.15. The number of para-hydroxylation sites is 1. The molecule has 0 spiro atoms. The summed E-state index contributed by atoms with van der Waals surface area (Å²) in [5.74, 6) is -5.67. The Morgan fingerprint density at radius 2 is 1.45 bits per heavy atom. The van der Waals surface area contributed by atoms with Crippen LogP contribution in [0.15, 0.2) is 60.7 Å². The van der Waals surface area contributed by atoms with Crippen molar-refractivity contribution >= 4 is 11.6 Å². The van der Waals surface area contributed by atoms with Crippen LogP contribution in [0.2, 0.25) is 0 Å². The third kappa shape index (κ3) is 3.17. The molecule has 0 heterocycles. The van der Waals surface area contributed by atoms with E-state index >= 15 is 0 Å². The molecule has 2 aromatic rings. The SMILES string of the molecule is O=C(N(F)c1ccccc1)C(F)(F)Cc1ccccc1. The maximum Gasteiger partial charge on any atom is 0.331 e. The summed E-state index contributed by atoms with van der Waals surface area (Å²) in [7, 11) is 0. The Kier molecular flexibility index (Phi) is 4.08. The van der Waals surface area contributed by atoms with E-state index in [0.717, 1.165) is 0 Å². The molecule has 0 atom stereocenters. The fraction of sp³-hybridized carbons (Fsp3) is 0.133. The smallest absolute Gasteiger partial charge is 0.265 e. The van der Waals surface area contributed by atoms with E-state index < -0.39 is 23.4 Å². The van der Waals surface area contributed by atoms with Crippen LogP contribution in [0.25, 0.3) is 0 Å². The minimum absolute atomic E-state index is 0.217. The van der Waals surface area contributed by atoms with E-state index in [4.69, 9.17) is 0 Å². The van der Waals surface area contributed by atoms with E-state index in [2.05, 4.69) is 0 Å². The van der Waals surface area contributed by atoms with Crippen LogP contribution >= 0.6 is 0 Å². The van der Waals surface area contributed by atoms with Gasteiger partial charge in [0.2, 0.25) is 0 Å². The standard InChI is InChI=1S/C15H12F3NO/c16-15(17,11-12-7-3-1-4-8-12)14(20)19(18)13-9-5-2-6-10-13/h1-10H,11H2. The molecular formula is C15H12F3NO. The van der Waals surface area contributed by atoms with Crippen molar-refractivity contribution in [2.45, 2.75) is 12.3 Å². The lowest BCUT2D eigenvalue weighted by Crippen LogP contribution is -2.41. The van der Waals surface area contributed by atoms with Crippen molar-refractivity contribution in [2.24, 2.45) is 0 Å². The molecule has 0 aromatic heterocycles. The second-order valence-corrected chi connectivity index (χ2v) is 4.29. The Bertz CT molecular complexity index is 572. The molecule has 2 nitrogen and oxygen atoms in total.